The topological polar surface area (TPSA) is 9.23 Å². The third-order valence-electron chi connectivity index (χ3n) is 6.46. The third kappa shape index (κ3) is 2.02. The normalized spacial score (nSPS) is 34.3. The molecule has 0 bridgehead atoms. The average Bonchev–Trinajstić information content (AvgIpc) is 3.14. The molecule has 126 valence electrons. The van der Waals surface area contributed by atoms with Crippen LogP contribution in [0.2, 0.25) is 0 Å². The van der Waals surface area contributed by atoms with Crippen molar-refractivity contribution in [2.45, 2.75) is 51.0 Å². The molecule has 4 rings (SSSR count). The number of hydrogen-bond acceptors (Lipinski definition) is 1. The fourth-order valence-electron chi connectivity index (χ4n) is 4.81. The smallest absolute Gasteiger partial charge is 0.364 e. The monoisotopic (exact) mass is 326 g/mol. The van der Waals surface area contributed by atoms with Crippen LogP contribution in [-0.4, -0.2) is 36.3 Å². The second kappa shape index (κ2) is 4.31. The fraction of sp³-hybridized carbons (Fsp3) is 0.667. The van der Waals surface area contributed by atoms with Crippen molar-refractivity contribution in [1.29, 1.82) is 0 Å². The van der Waals surface area contributed by atoms with Gasteiger partial charge in [0.1, 0.15) is 25.2 Å². The van der Waals surface area contributed by atoms with Gasteiger partial charge in [-0.1, -0.05) is 13.0 Å². The molecule has 1 aromatic carbocycles. The summed E-state index contributed by atoms with van der Waals surface area (Å²) < 4.78 is 47.8. The van der Waals surface area contributed by atoms with E-state index in [1.54, 1.807) is 0 Å². The first-order chi connectivity index (χ1) is 10.6. The molecule has 0 radical (unpaired) electrons. The first-order valence-corrected chi connectivity index (χ1v) is 8.35. The Bertz CT molecular complexity index is 680. The van der Waals surface area contributed by atoms with Crippen LogP contribution in [0.5, 0.6) is 0 Å². The molecule has 0 aromatic heterocycles. The zero-order valence-corrected chi connectivity index (χ0v) is 13.9. The number of aryl methyl sites for hydroxylation is 1. The van der Waals surface area contributed by atoms with E-state index in [0.29, 0.717) is 12.0 Å². The highest BCUT2D eigenvalue weighted by atomic mass is 19.4. The summed E-state index contributed by atoms with van der Waals surface area (Å²) in [6.07, 6.45) is -3.71. The molecule has 0 unspecified atom stereocenters. The van der Waals surface area contributed by atoms with E-state index in [1.807, 2.05) is 13.0 Å². The third-order valence-corrected chi connectivity index (χ3v) is 6.46. The maximum atomic E-state index is 13.6. The maximum absolute atomic E-state index is 13.6. The van der Waals surface area contributed by atoms with Gasteiger partial charge in [-0.15, -0.1) is 0 Å². The Morgan fingerprint density at radius 2 is 1.87 bits per heavy atom. The van der Waals surface area contributed by atoms with Gasteiger partial charge in [0.25, 0.3) is 0 Å². The van der Waals surface area contributed by atoms with E-state index in [2.05, 4.69) is 13.8 Å². The number of benzene rings is 1. The zero-order chi connectivity index (χ0) is 16.7. The van der Waals surface area contributed by atoms with Gasteiger partial charge in [0, 0.05) is 0 Å². The Labute approximate surface area is 134 Å². The van der Waals surface area contributed by atoms with Gasteiger partial charge in [0.15, 0.2) is 0 Å². The van der Waals surface area contributed by atoms with E-state index in [4.69, 9.17) is 4.74 Å². The molecular formula is C18H23F3NO+. The van der Waals surface area contributed by atoms with Crippen LogP contribution in [0, 0.1) is 0 Å². The van der Waals surface area contributed by atoms with Crippen molar-refractivity contribution in [2.75, 3.05) is 26.2 Å². The predicted octanol–water partition coefficient (Wildman–Crippen LogP) is 3.66. The second-order valence-corrected chi connectivity index (χ2v) is 7.98. The van der Waals surface area contributed by atoms with Gasteiger partial charge in [-0.05, 0) is 43.0 Å². The van der Waals surface area contributed by atoms with Crippen LogP contribution in [0.15, 0.2) is 12.1 Å². The molecule has 0 aliphatic carbocycles. The van der Waals surface area contributed by atoms with E-state index >= 15 is 0 Å². The number of ether oxygens (including phenoxy) is 1. The molecule has 2 nitrogen and oxygen atoms in total. The molecule has 3 aliphatic heterocycles. The van der Waals surface area contributed by atoms with Crippen LogP contribution < -0.4 is 0 Å². The van der Waals surface area contributed by atoms with Crippen LogP contribution in [0.4, 0.5) is 13.2 Å². The van der Waals surface area contributed by atoms with Crippen molar-refractivity contribution >= 4 is 0 Å². The molecule has 3 heterocycles. The molecule has 5 heteroatoms. The summed E-state index contributed by atoms with van der Waals surface area (Å²) in [5.41, 5.74) is 0.787. The summed E-state index contributed by atoms with van der Waals surface area (Å²) in [6.45, 7) is 10.2. The first-order valence-electron chi connectivity index (χ1n) is 8.35. The minimum absolute atomic E-state index is 0.0697. The first kappa shape index (κ1) is 15.5. The van der Waals surface area contributed by atoms with Crippen LogP contribution in [-0.2, 0) is 29.4 Å². The largest absolute Gasteiger partial charge is 0.416 e. The zero-order valence-electron chi connectivity index (χ0n) is 13.9. The van der Waals surface area contributed by atoms with E-state index < -0.39 is 11.7 Å². The molecule has 2 fully saturated rings. The van der Waals surface area contributed by atoms with Crippen LogP contribution in [0.25, 0.3) is 0 Å². The SMILES string of the molecule is CCc1cc(C(F)(F)F)c2c(c1)[C@]1(C)C[N+]3(CC3)C[C@]1(C)OC2. The summed E-state index contributed by atoms with van der Waals surface area (Å²) in [5, 5.41) is 0. The Balaban J connectivity index is 1.94. The predicted molar refractivity (Wildman–Crippen MR) is 81.1 cm³/mol. The molecule has 0 N–H and O–H groups in total. The fourth-order valence-corrected chi connectivity index (χ4v) is 4.81. The summed E-state index contributed by atoms with van der Waals surface area (Å²) >= 11 is 0. The number of quaternary nitrogens is 1. The van der Waals surface area contributed by atoms with Crippen molar-refractivity contribution in [1.82, 2.24) is 0 Å². The van der Waals surface area contributed by atoms with Crippen molar-refractivity contribution < 1.29 is 22.4 Å². The van der Waals surface area contributed by atoms with Gasteiger partial charge in [0.2, 0.25) is 0 Å². The average molecular weight is 326 g/mol. The summed E-state index contributed by atoms with van der Waals surface area (Å²) in [7, 11) is 0. The van der Waals surface area contributed by atoms with E-state index in [1.165, 1.54) is 6.07 Å². The van der Waals surface area contributed by atoms with Crippen molar-refractivity contribution in [3.05, 3.63) is 34.4 Å². The molecule has 1 aromatic rings. The van der Waals surface area contributed by atoms with Crippen LogP contribution in [0.1, 0.15) is 43.0 Å². The number of halogens is 3. The molecule has 0 amide bonds. The Kier molecular flexibility index (Phi) is 2.90. The van der Waals surface area contributed by atoms with Gasteiger partial charge < -0.3 is 9.22 Å². The summed E-state index contributed by atoms with van der Waals surface area (Å²) in [5.74, 6) is 0. The van der Waals surface area contributed by atoms with Crippen LogP contribution in [0.3, 0.4) is 0 Å². The number of fused-ring (bicyclic) bond motifs is 3. The van der Waals surface area contributed by atoms with Gasteiger partial charge in [-0.25, -0.2) is 0 Å². The lowest BCUT2D eigenvalue weighted by molar-refractivity contribution is -0.790. The van der Waals surface area contributed by atoms with Gasteiger partial charge >= 0.3 is 6.18 Å². The van der Waals surface area contributed by atoms with Gasteiger partial charge in [-0.3, -0.25) is 0 Å². The quantitative estimate of drug-likeness (QED) is 0.565. The van der Waals surface area contributed by atoms with Crippen molar-refractivity contribution in [2.24, 2.45) is 0 Å². The molecule has 2 saturated heterocycles. The van der Waals surface area contributed by atoms with Gasteiger partial charge in [0.05, 0.1) is 24.1 Å². The molecule has 1 spiro atoms. The minimum atomic E-state index is -4.33. The highest BCUT2D eigenvalue weighted by Crippen LogP contribution is 2.55. The highest BCUT2D eigenvalue weighted by molar-refractivity contribution is 5.48. The van der Waals surface area contributed by atoms with E-state index in [-0.39, 0.29) is 17.6 Å². The lowest BCUT2D eigenvalue weighted by Gasteiger charge is -2.43. The van der Waals surface area contributed by atoms with Gasteiger partial charge in [-0.2, -0.15) is 13.2 Å². The van der Waals surface area contributed by atoms with Crippen LogP contribution >= 0.6 is 0 Å². The molecule has 3 aliphatic rings. The highest BCUT2D eigenvalue weighted by Gasteiger charge is 2.68. The minimum Gasteiger partial charge on any atom is -0.364 e. The number of hydrogen-bond donors (Lipinski definition) is 0. The van der Waals surface area contributed by atoms with E-state index in [0.717, 1.165) is 41.8 Å². The second-order valence-electron chi connectivity index (χ2n) is 7.98. The van der Waals surface area contributed by atoms with Crippen molar-refractivity contribution in [3.8, 4) is 0 Å². The molecule has 0 saturated carbocycles. The lowest BCUT2D eigenvalue weighted by atomic mass is 9.67. The van der Waals surface area contributed by atoms with Crippen molar-refractivity contribution in [3.63, 3.8) is 0 Å². The Morgan fingerprint density at radius 1 is 1.17 bits per heavy atom. The molecule has 2 atom stereocenters. The maximum Gasteiger partial charge on any atom is 0.416 e. The van der Waals surface area contributed by atoms with E-state index in [9.17, 15) is 13.2 Å². The lowest BCUT2D eigenvalue weighted by Crippen LogP contribution is -2.52. The number of rotatable bonds is 1. The number of nitrogens with zero attached hydrogens (tertiary/aromatic N) is 1. The molecule has 23 heavy (non-hydrogen) atoms. The number of alkyl halides is 3. The summed E-state index contributed by atoms with van der Waals surface area (Å²) in [6, 6.07) is 3.32. The standard InChI is InChI=1S/C18H23F3NO/c1-4-12-7-14-13(15(8-12)18(19,20)21)9-23-17(3)11-22(5-6-22)10-16(14,17)2/h7-8H,4-6,9-11H2,1-3H3/q+1/t16-,17-/m0/s1. The Morgan fingerprint density at radius 3 is 2.43 bits per heavy atom. The Hall–Kier alpha value is -1.07. The summed E-state index contributed by atoms with van der Waals surface area (Å²) in [4.78, 5) is 0. The molecular weight excluding hydrogens is 303 g/mol.